The lowest BCUT2D eigenvalue weighted by Gasteiger charge is -2.34. The van der Waals surface area contributed by atoms with Gasteiger partial charge >= 0.3 is 0 Å². The standard InChI is InChI=1S/C15H23N5O2/c1-18(2)4-3-17-15(22)13-9-14(11-16-10-13)20-7-5-19(12-21)6-8-20/h9-12H,3-8H2,1-2H3,(H,17,22). The highest BCUT2D eigenvalue weighted by atomic mass is 16.1. The van der Waals surface area contributed by atoms with Crippen LogP contribution in [0.1, 0.15) is 10.4 Å². The van der Waals surface area contributed by atoms with Crippen molar-refractivity contribution < 1.29 is 9.59 Å². The summed E-state index contributed by atoms with van der Waals surface area (Å²) < 4.78 is 0. The number of nitrogens with zero attached hydrogens (tertiary/aromatic N) is 4. The molecule has 120 valence electrons. The Kier molecular flexibility index (Phi) is 5.71. The van der Waals surface area contributed by atoms with Crippen molar-refractivity contribution in [2.45, 2.75) is 0 Å². The summed E-state index contributed by atoms with van der Waals surface area (Å²) >= 11 is 0. The van der Waals surface area contributed by atoms with Crippen molar-refractivity contribution in [3.8, 4) is 0 Å². The van der Waals surface area contributed by atoms with Crippen LogP contribution in [-0.4, -0.2) is 80.5 Å². The molecular weight excluding hydrogens is 282 g/mol. The maximum Gasteiger partial charge on any atom is 0.252 e. The number of aromatic nitrogens is 1. The molecule has 1 saturated heterocycles. The van der Waals surface area contributed by atoms with Gasteiger partial charge in [-0.15, -0.1) is 0 Å². The minimum Gasteiger partial charge on any atom is -0.367 e. The van der Waals surface area contributed by atoms with E-state index in [1.165, 1.54) is 0 Å². The van der Waals surface area contributed by atoms with Crippen molar-refractivity contribution in [2.75, 3.05) is 58.3 Å². The molecule has 1 fully saturated rings. The highest BCUT2D eigenvalue weighted by molar-refractivity contribution is 5.94. The van der Waals surface area contributed by atoms with E-state index in [-0.39, 0.29) is 5.91 Å². The summed E-state index contributed by atoms with van der Waals surface area (Å²) in [6.07, 6.45) is 4.22. The second-order valence-corrected chi connectivity index (χ2v) is 5.62. The molecule has 2 heterocycles. The fourth-order valence-corrected chi connectivity index (χ4v) is 2.31. The number of hydrogen-bond donors (Lipinski definition) is 1. The average molecular weight is 305 g/mol. The predicted octanol–water partition coefficient (Wildman–Crippen LogP) is -0.349. The molecule has 0 saturated carbocycles. The van der Waals surface area contributed by atoms with Crippen molar-refractivity contribution in [1.82, 2.24) is 20.1 Å². The van der Waals surface area contributed by atoms with Crippen molar-refractivity contribution in [2.24, 2.45) is 0 Å². The van der Waals surface area contributed by atoms with Gasteiger partial charge in [-0.25, -0.2) is 0 Å². The predicted molar refractivity (Wildman–Crippen MR) is 85.0 cm³/mol. The van der Waals surface area contributed by atoms with Crippen LogP contribution < -0.4 is 10.2 Å². The van der Waals surface area contributed by atoms with Crippen LogP contribution in [-0.2, 0) is 4.79 Å². The van der Waals surface area contributed by atoms with Gasteiger partial charge in [0.1, 0.15) is 0 Å². The topological polar surface area (TPSA) is 68.8 Å². The molecule has 2 rings (SSSR count). The first-order valence-corrected chi connectivity index (χ1v) is 7.42. The summed E-state index contributed by atoms with van der Waals surface area (Å²) in [6.45, 7) is 4.31. The highest BCUT2D eigenvalue weighted by Gasteiger charge is 2.17. The number of anilines is 1. The number of likely N-dealkylation sites (N-methyl/N-ethyl adjacent to an activating group) is 1. The molecular formula is C15H23N5O2. The maximum atomic E-state index is 12.1. The Morgan fingerprint density at radius 2 is 2.05 bits per heavy atom. The SMILES string of the molecule is CN(C)CCNC(=O)c1cncc(N2CCN(C=O)CC2)c1. The van der Waals surface area contributed by atoms with Gasteiger partial charge in [0.05, 0.1) is 17.4 Å². The van der Waals surface area contributed by atoms with Crippen LogP contribution in [0.5, 0.6) is 0 Å². The Hall–Kier alpha value is -2.15. The first-order valence-electron chi connectivity index (χ1n) is 7.42. The molecule has 2 amide bonds. The van der Waals surface area contributed by atoms with E-state index < -0.39 is 0 Å². The monoisotopic (exact) mass is 305 g/mol. The summed E-state index contributed by atoms with van der Waals surface area (Å²) in [5.74, 6) is -0.109. The Morgan fingerprint density at radius 1 is 1.32 bits per heavy atom. The number of pyridine rings is 1. The van der Waals surface area contributed by atoms with Gasteiger partial charge in [-0.1, -0.05) is 0 Å². The molecule has 0 unspecified atom stereocenters. The molecule has 0 spiro atoms. The van der Waals surface area contributed by atoms with Crippen LogP contribution in [0.15, 0.2) is 18.5 Å². The van der Waals surface area contributed by atoms with E-state index in [2.05, 4.69) is 15.2 Å². The lowest BCUT2D eigenvalue weighted by atomic mass is 10.2. The van der Waals surface area contributed by atoms with Crippen LogP contribution in [0.25, 0.3) is 0 Å². The molecule has 0 bridgehead atoms. The Bertz CT molecular complexity index is 512. The number of rotatable bonds is 6. The van der Waals surface area contributed by atoms with E-state index in [4.69, 9.17) is 0 Å². The van der Waals surface area contributed by atoms with Crippen LogP contribution in [0, 0.1) is 0 Å². The van der Waals surface area contributed by atoms with Crippen molar-refractivity contribution in [3.63, 3.8) is 0 Å². The molecule has 0 radical (unpaired) electrons. The van der Waals surface area contributed by atoms with Gasteiger partial charge in [0.15, 0.2) is 0 Å². The van der Waals surface area contributed by atoms with Gasteiger partial charge in [0.25, 0.3) is 5.91 Å². The number of piperazine rings is 1. The Labute approximate surface area is 130 Å². The first kappa shape index (κ1) is 16.2. The van der Waals surface area contributed by atoms with Crippen LogP contribution >= 0.6 is 0 Å². The minimum absolute atomic E-state index is 0.109. The lowest BCUT2D eigenvalue weighted by molar-refractivity contribution is -0.118. The van der Waals surface area contributed by atoms with Crippen molar-refractivity contribution in [1.29, 1.82) is 0 Å². The molecule has 1 aliphatic heterocycles. The van der Waals surface area contributed by atoms with Crippen LogP contribution in [0.3, 0.4) is 0 Å². The second kappa shape index (κ2) is 7.74. The quantitative estimate of drug-likeness (QED) is 0.728. The van der Waals surface area contributed by atoms with E-state index >= 15 is 0 Å². The number of carbonyl (C=O) groups is 2. The Morgan fingerprint density at radius 3 is 2.68 bits per heavy atom. The number of hydrogen-bond acceptors (Lipinski definition) is 5. The molecule has 1 aromatic rings. The van der Waals surface area contributed by atoms with Crippen molar-refractivity contribution in [3.05, 3.63) is 24.0 Å². The van der Waals surface area contributed by atoms with E-state index in [0.717, 1.165) is 31.7 Å². The third-order valence-electron chi connectivity index (χ3n) is 3.66. The van der Waals surface area contributed by atoms with E-state index in [1.54, 1.807) is 17.3 Å². The van der Waals surface area contributed by atoms with Gasteiger partial charge in [0, 0.05) is 45.5 Å². The lowest BCUT2D eigenvalue weighted by Crippen LogP contribution is -2.45. The molecule has 22 heavy (non-hydrogen) atoms. The van der Waals surface area contributed by atoms with Gasteiger partial charge in [0.2, 0.25) is 6.41 Å². The summed E-state index contributed by atoms with van der Waals surface area (Å²) in [6, 6.07) is 1.86. The smallest absolute Gasteiger partial charge is 0.252 e. The molecule has 1 aromatic heterocycles. The fraction of sp³-hybridized carbons (Fsp3) is 0.533. The van der Waals surface area contributed by atoms with Gasteiger partial charge < -0.3 is 20.0 Å². The van der Waals surface area contributed by atoms with E-state index in [9.17, 15) is 9.59 Å². The zero-order valence-corrected chi connectivity index (χ0v) is 13.2. The van der Waals surface area contributed by atoms with Crippen molar-refractivity contribution >= 4 is 18.0 Å². The number of amides is 2. The summed E-state index contributed by atoms with van der Waals surface area (Å²) in [4.78, 5) is 32.9. The van der Waals surface area contributed by atoms with Gasteiger partial charge in [-0.2, -0.15) is 0 Å². The third kappa shape index (κ3) is 4.42. The number of carbonyl (C=O) groups excluding carboxylic acids is 2. The van der Waals surface area contributed by atoms with Gasteiger partial charge in [-0.3, -0.25) is 14.6 Å². The summed E-state index contributed by atoms with van der Waals surface area (Å²) in [5, 5.41) is 2.88. The van der Waals surface area contributed by atoms with Crippen LogP contribution in [0.4, 0.5) is 5.69 Å². The molecule has 0 aromatic carbocycles. The van der Waals surface area contributed by atoms with Gasteiger partial charge in [-0.05, 0) is 20.2 Å². The first-order chi connectivity index (χ1) is 10.6. The largest absolute Gasteiger partial charge is 0.367 e. The normalized spacial score (nSPS) is 15.0. The highest BCUT2D eigenvalue weighted by Crippen LogP contribution is 2.16. The second-order valence-electron chi connectivity index (χ2n) is 5.62. The Balaban J connectivity index is 1.95. The minimum atomic E-state index is -0.109. The summed E-state index contributed by atoms with van der Waals surface area (Å²) in [5.41, 5.74) is 1.49. The zero-order chi connectivity index (χ0) is 15.9. The zero-order valence-electron chi connectivity index (χ0n) is 13.2. The van der Waals surface area contributed by atoms with E-state index in [0.29, 0.717) is 25.2 Å². The van der Waals surface area contributed by atoms with E-state index in [1.807, 2.05) is 25.1 Å². The number of nitrogens with one attached hydrogen (secondary N) is 1. The molecule has 0 atom stereocenters. The molecule has 1 aliphatic rings. The molecule has 7 heteroatoms. The summed E-state index contributed by atoms with van der Waals surface area (Å²) in [7, 11) is 3.93. The molecule has 1 N–H and O–H groups in total. The maximum absolute atomic E-state index is 12.1. The molecule has 7 nitrogen and oxygen atoms in total. The fourth-order valence-electron chi connectivity index (χ4n) is 2.31. The van der Waals surface area contributed by atoms with Crippen LogP contribution in [0.2, 0.25) is 0 Å². The third-order valence-corrected chi connectivity index (χ3v) is 3.66. The average Bonchev–Trinajstić information content (AvgIpc) is 2.54. The molecule has 0 aliphatic carbocycles.